The van der Waals surface area contributed by atoms with E-state index in [0.717, 1.165) is 12.0 Å². The maximum Gasteiger partial charge on any atom is 0.273 e. The average Bonchev–Trinajstić information content (AvgIpc) is 3.36. The van der Waals surface area contributed by atoms with E-state index >= 15 is 0 Å². The Balaban J connectivity index is 1.43. The summed E-state index contributed by atoms with van der Waals surface area (Å²) in [5, 5.41) is 13.9. The number of fused-ring (bicyclic) bond motifs is 1. The number of nitrogens with one attached hydrogen (secondary N) is 1. The standard InChI is InChI=1S/C26H22FN5O2S/c27-20-8-6-17(7-9-20)15-32-25(34)23-22(10-12-35-23)30-26(32)31-11-2-4-19(16-31)24(33)29-21-5-1-3-18(13-21)14-28/h1,3,5-10,12-13,19H,2,4,11,15-16H2,(H,29,33). The number of rotatable bonds is 5. The van der Waals surface area contributed by atoms with E-state index in [1.54, 1.807) is 41.0 Å². The Morgan fingerprint density at radius 2 is 2.06 bits per heavy atom. The van der Waals surface area contributed by atoms with Gasteiger partial charge in [0.25, 0.3) is 5.56 Å². The highest BCUT2D eigenvalue weighted by molar-refractivity contribution is 7.17. The van der Waals surface area contributed by atoms with Gasteiger partial charge in [0, 0.05) is 18.8 Å². The lowest BCUT2D eigenvalue weighted by Crippen LogP contribution is -2.43. The minimum atomic E-state index is -0.335. The van der Waals surface area contributed by atoms with Crippen molar-refractivity contribution in [3.8, 4) is 6.07 Å². The van der Waals surface area contributed by atoms with Gasteiger partial charge in [0.2, 0.25) is 11.9 Å². The summed E-state index contributed by atoms with van der Waals surface area (Å²) in [7, 11) is 0. The number of halogens is 1. The predicted molar refractivity (Wildman–Crippen MR) is 134 cm³/mol. The molecule has 2 aromatic carbocycles. The van der Waals surface area contributed by atoms with Crippen LogP contribution in [0, 0.1) is 23.1 Å². The van der Waals surface area contributed by atoms with Crippen molar-refractivity contribution >= 4 is 39.1 Å². The molecule has 1 atom stereocenters. The van der Waals surface area contributed by atoms with Gasteiger partial charge in [-0.05, 0) is 60.2 Å². The highest BCUT2D eigenvalue weighted by atomic mass is 32.1. The number of hydrogen-bond acceptors (Lipinski definition) is 6. The summed E-state index contributed by atoms with van der Waals surface area (Å²) in [6.45, 7) is 1.33. The highest BCUT2D eigenvalue weighted by Crippen LogP contribution is 2.26. The first-order chi connectivity index (χ1) is 17.0. The molecule has 1 fully saturated rings. The number of hydrogen-bond donors (Lipinski definition) is 1. The van der Waals surface area contributed by atoms with E-state index in [1.165, 1.54) is 23.5 Å². The number of thiophene rings is 1. The molecule has 176 valence electrons. The topological polar surface area (TPSA) is 91.0 Å². The number of benzene rings is 2. The van der Waals surface area contributed by atoms with Crippen molar-refractivity contribution in [1.82, 2.24) is 9.55 Å². The fourth-order valence-corrected chi connectivity index (χ4v) is 5.15. The van der Waals surface area contributed by atoms with Gasteiger partial charge in [0.05, 0.1) is 29.6 Å². The van der Waals surface area contributed by atoms with Crippen LogP contribution in [0.1, 0.15) is 24.0 Å². The second-order valence-corrected chi connectivity index (χ2v) is 9.45. The van der Waals surface area contributed by atoms with E-state index in [1.807, 2.05) is 16.3 Å². The van der Waals surface area contributed by atoms with E-state index in [2.05, 4.69) is 11.4 Å². The predicted octanol–water partition coefficient (Wildman–Crippen LogP) is 4.37. The number of nitrogens with zero attached hydrogens (tertiary/aromatic N) is 4. The van der Waals surface area contributed by atoms with Gasteiger partial charge >= 0.3 is 0 Å². The van der Waals surface area contributed by atoms with Crippen molar-refractivity contribution in [2.45, 2.75) is 19.4 Å². The number of amides is 1. The Labute approximate surface area is 205 Å². The van der Waals surface area contributed by atoms with Gasteiger partial charge in [-0.1, -0.05) is 18.2 Å². The van der Waals surface area contributed by atoms with Crippen LogP contribution in [-0.4, -0.2) is 28.5 Å². The van der Waals surface area contributed by atoms with Crippen molar-refractivity contribution in [2.24, 2.45) is 5.92 Å². The molecule has 4 aromatic rings. The lowest BCUT2D eigenvalue weighted by molar-refractivity contribution is -0.120. The van der Waals surface area contributed by atoms with Gasteiger partial charge in [-0.2, -0.15) is 5.26 Å². The SMILES string of the molecule is N#Cc1cccc(NC(=O)C2CCCN(c3nc4ccsc4c(=O)n3Cc3ccc(F)cc3)C2)c1. The summed E-state index contributed by atoms with van der Waals surface area (Å²) in [6, 6.07) is 16.8. The van der Waals surface area contributed by atoms with Crippen LogP contribution in [0.5, 0.6) is 0 Å². The lowest BCUT2D eigenvalue weighted by atomic mass is 9.97. The molecule has 3 heterocycles. The zero-order valence-electron chi connectivity index (χ0n) is 18.8. The van der Waals surface area contributed by atoms with Crippen LogP contribution in [-0.2, 0) is 11.3 Å². The first-order valence-corrected chi connectivity index (χ1v) is 12.2. The molecule has 2 aromatic heterocycles. The normalized spacial score (nSPS) is 15.7. The smallest absolute Gasteiger partial charge is 0.273 e. The number of piperidine rings is 1. The molecule has 7 nitrogen and oxygen atoms in total. The molecular formula is C26H22FN5O2S. The Morgan fingerprint density at radius 3 is 2.86 bits per heavy atom. The van der Waals surface area contributed by atoms with Crippen molar-refractivity contribution in [3.05, 3.63) is 87.3 Å². The minimum absolute atomic E-state index is 0.131. The first kappa shape index (κ1) is 22.7. The molecule has 0 radical (unpaired) electrons. The summed E-state index contributed by atoms with van der Waals surface area (Å²) < 4.78 is 15.6. The molecule has 5 rings (SSSR count). The lowest BCUT2D eigenvalue weighted by Gasteiger charge is -2.34. The molecule has 0 spiro atoms. The largest absolute Gasteiger partial charge is 0.341 e. The molecule has 1 N–H and O–H groups in total. The van der Waals surface area contributed by atoms with Crippen LogP contribution < -0.4 is 15.8 Å². The van der Waals surface area contributed by atoms with Crippen molar-refractivity contribution < 1.29 is 9.18 Å². The van der Waals surface area contributed by atoms with Crippen LogP contribution in [0.4, 0.5) is 16.0 Å². The van der Waals surface area contributed by atoms with Crippen LogP contribution in [0.2, 0.25) is 0 Å². The van der Waals surface area contributed by atoms with Crippen LogP contribution in [0.15, 0.2) is 64.8 Å². The van der Waals surface area contributed by atoms with E-state index in [-0.39, 0.29) is 29.7 Å². The van der Waals surface area contributed by atoms with E-state index in [4.69, 9.17) is 10.2 Å². The Morgan fingerprint density at radius 1 is 1.23 bits per heavy atom. The third-order valence-corrected chi connectivity index (χ3v) is 7.03. The van der Waals surface area contributed by atoms with Crippen molar-refractivity contribution in [2.75, 3.05) is 23.3 Å². The Kier molecular flexibility index (Phi) is 6.29. The number of carbonyl (C=O) groups is 1. The third-order valence-electron chi connectivity index (χ3n) is 6.13. The molecule has 1 saturated heterocycles. The molecule has 1 amide bonds. The van der Waals surface area contributed by atoms with Crippen LogP contribution >= 0.6 is 11.3 Å². The number of nitriles is 1. The molecule has 0 bridgehead atoms. The summed E-state index contributed by atoms with van der Waals surface area (Å²) in [5.41, 5.74) is 2.33. The van der Waals surface area contributed by atoms with Crippen LogP contribution in [0.25, 0.3) is 10.2 Å². The Bertz CT molecular complexity index is 1490. The fraction of sp³-hybridized carbons (Fsp3) is 0.231. The van der Waals surface area contributed by atoms with Gasteiger partial charge in [0.1, 0.15) is 10.5 Å². The maximum absolute atomic E-state index is 13.4. The van der Waals surface area contributed by atoms with E-state index in [0.29, 0.717) is 46.9 Å². The number of anilines is 2. The van der Waals surface area contributed by atoms with Gasteiger partial charge in [-0.25, -0.2) is 9.37 Å². The minimum Gasteiger partial charge on any atom is -0.341 e. The van der Waals surface area contributed by atoms with Gasteiger partial charge < -0.3 is 10.2 Å². The molecule has 0 aliphatic carbocycles. The highest BCUT2D eigenvalue weighted by Gasteiger charge is 2.29. The summed E-state index contributed by atoms with van der Waals surface area (Å²) >= 11 is 1.34. The van der Waals surface area contributed by atoms with E-state index < -0.39 is 0 Å². The zero-order chi connectivity index (χ0) is 24.4. The fourth-order valence-electron chi connectivity index (χ4n) is 4.37. The number of carbonyl (C=O) groups excluding carboxylic acids is 1. The average molecular weight is 488 g/mol. The summed E-state index contributed by atoms with van der Waals surface area (Å²) in [6.07, 6.45) is 1.48. The first-order valence-electron chi connectivity index (χ1n) is 11.3. The van der Waals surface area contributed by atoms with E-state index in [9.17, 15) is 14.0 Å². The summed E-state index contributed by atoms with van der Waals surface area (Å²) in [4.78, 5) is 33.2. The molecular weight excluding hydrogens is 465 g/mol. The third kappa shape index (κ3) is 4.79. The number of aromatic nitrogens is 2. The quantitative estimate of drug-likeness (QED) is 0.451. The second kappa shape index (κ2) is 9.68. The van der Waals surface area contributed by atoms with Gasteiger partial charge in [-0.3, -0.25) is 14.2 Å². The molecule has 35 heavy (non-hydrogen) atoms. The zero-order valence-corrected chi connectivity index (χ0v) is 19.6. The Hall–Kier alpha value is -4.03. The van der Waals surface area contributed by atoms with Gasteiger partial charge in [-0.15, -0.1) is 11.3 Å². The maximum atomic E-state index is 13.4. The molecule has 1 unspecified atom stereocenters. The second-order valence-electron chi connectivity index (χ2n) is 8.53. The summed E-state index contributed by atoms with van der Waals surface area (Å²) in [5.74, 6) is -0.259. The van der Waals surface area contributed by atoms with Gasteiger partial charge in [0.15, 0.2) is 0 Å². The molecule has 9 heteroatoms. The van der Waals surface area contributed by atoms with Crippen molar-refractivity contribution in [1.29, 1.82) is 5.26 Å². The van der Waals surface area contributed by atoms with Crippen molar-refractivity contribution in [3.63, 3.8) is 0 Å². The monoisotopic (exact) mass is 487 g/mol. The molecule has 0 saturated carbocycles. The molecule has 1 aliphatic rings. The molecule has 1 aliphatic heterocycles. The van der Waals surface area contributed by atoms with Crippen LogP contribution in [0.3, 0.4) is 0 Å².